The second-order valence-electron chi connectivity index (χ2n) is 6.42. The molecule has 1 saturated heterocycles. The van der Waals surface area contributed by atoms with E-state index in [0.717, 1.165) is 25.8 Å². The normalized spacial score (nSPS) is 17.5. The van der Waals surface area contributed by atoms with Crippen LogP contribution in [0.5, 0.6) is 0 Å². The number of hydrogen-bond acceptors (Lipinski definition) is 5. The number of nitrogens with two attached hydrogens (primary N) is 1. The zero-order chi connectivity index (χ0) is 17.6. The van der Waals surface area contributed by atoms with E-state index in [1.165, 1.54) is 16.9 Å². The monoisotopic (exact) mass is 382 g/mol. The van der Waals surface area contributed by atoms with Crippen LogP contribution in [0.4, 0.5) is 4.39 Å². The van der Waals surface area contributed by atoms with E-state index in [4.69, 9.17) is 5.73 Å². The van der Waals surface area contributed by atoms with Crippen molar-refractivity contribution in [1.82, 2.24) is 25.1 Å². The summed E-state index contributed by atoms with van der Waals surface area (Å²) in [6, 6.07) is 6.04. The number of benzene rings is 1. The van der Waals surface area contributed by atoms with E-state index >= 15 is 0 Å². The van der Waals surface area contributed by atoms with Crippen molar-refractivity contribution in [3.8, 4) is 11.4 Å². The Morgan fingerprint density at radius 2 is 2.04 bits per heavy atom. The number of hydrogen-bond donors (Lipinski definition) is 1. The van der Waals surface area contributed by atoms with Gasteiger partial charge in [0.1, 0.15) is 5.82 Å². The van der Waals surface area contributed by atoms with Crippen molar-refractivity contribution < 1.29 is 9.18 Å². The molecular weight excluding hydrogens is 359 g/mol. The first-order valence-electron chi connectivity index (χ1n) is 8.69. The standard InChI is InChI=1S/C17H23FN6O.ClH/c18-14-8-6-13(7-9-14)17-20-22-24(21-17)11-3-5-16(25)23-10-2-1-4-15(19)12-23;/h6-9,15H,1-5,10-12,19H2;1H. The molecule has 0 aliphatic carbocycles. The number of amides is 1. The molecule has 9 heteroatoms. The molecule has 1 aliphatic heterocycles. The SMILES string of the molecule is Cl.NC1CCCCN(C(=O)CCCn2nnc(-c3ccc(F)cc3)n2)C1. The van der Waals surface area contributed by atoms with Crippen LogP contribution in [-0.2, 0) is 11.3 Å². The molecular formula is C17H24ClFN6O. The van der Waals surface area contributed by atoms with Crippen LogP contribution >= 0.6 is 12.4 Å². The van der Waals surface area contributed by atoms with Gasteiger partial charge in [-0.3, -0.25) is 4.79 Å². The van der Waals surface area contributed by atoms with Crippen molar-refractivity contribution in [2.75, 3.05) is 13.1 Å². The van der Waals surface area contributed by atoms with Gasteiger partial charge in [0, 0.05) is 31.1 Å². The maximum absolute atomic E-state index is 12.9. The average Bonchev–Trinajstić information content (AvgIpc) is 2.96. The molecule has 26 heavy (non-hydrogen) atoms. The first-order chi connectivity index (χ1) is 12.1. The number of nitrogens with zero attached hydrogens (tertiary/aromatic N) is 5. The second kappa shape index (κ2) is 9.59. The van der Waals surface area contributed by atoms with Gasteiger partial charge < -0.3 is 10.6 Å². The lowest BCUT2D eigenvalue weighted by molar-refractivity contribution is -0.131. The summed E-state index contributed by atoms with van der Waals surface area (Å²) in [5, 5.41) is 12.2. The summed E-state index contributed by atoms with van der Waals surface area (Å²) in [5.41, 5.74) is 6.71. The Balaban J connectivity index is 0.00000243. The van der Waals surface area contributed by atoms with Crippen molar-refractivity contribution in [3.05, 3.63) is 30.1 Å². The Kier molecular flexibility index (Phi) is 7.47. The van der Waals surface area contributed by atoms with Crippen molar-refractivity contribution in [1.29, 1.82) is 0 Å². The molecule has 142 valence electrons. The molecule has 2 aromatic rings. The predicted molar refractivity (Wildman–Crippen MR) is 98.1 cm³/mol. The van der Waals surface area contributed by atoms with Crippen molar-refractivity contribution in [2.24, 2.45) is 5.73 Å². The van der Waals surface area contributed by atoms with Crippen molar-refractivity contribution in [3.63, 3.8) is 0 Å². The summed E-state index contributed by atoms with van der Waals surface area (Å²) in [6.07, 6.45) is 4.17. The Morgan fingerprint density at radius 3 is 2.81 bits per heavy atom. The number of halogens is 2. The van der Waals surface area contributed by atoms with E-state index in [1.807, 2.05) is 4.90 Å². The van der Waals surface area contributed by atoms with Crippen molar-refractivity contribution >= 4 is 18.3 Å². The molecule has 1 unspecified atom stereocenters. The fourth-order valence-corrected chi connectivity index (χ4v) is 2.98. The molecule has 0 saturated carbocycles. The van der Waals surface area contributed by atoms with Crippen LogP contribution in [0.15, 0.2) is 24.3 Å². The van der Waals surface area contributed by atoms with Gasteiger partial charge in [0.25, 0.3) is 0 Å². The summed E-state index contributed by atoms with van der Waals surface area (Å²) in [4.78, 5) is 15.7. The number of carbonyl (C=O) groups is 1. The lowest BCUT2D eigenvalue weighted by Gasteiger charge is -2.22. The van der Waals surface area contributed by atoms with Gasteiger partial charge in [-0.1, -0.05) is 6.42 Å². The fourth-order valence-electron chi connectivity index (χ4n) is 2.98. The zero-order valence-corrected chi connectivity index (χ0v) is 15.4. The van der Waals surface area contributed by atoms with Gasteiger partial charge in [-0.2, -0.15) is 4.80 Å². The van der Waals surface area contributed by atoms with Crippen LogP contribution in [0.2, 0.25) is 0 Å². The molecule has 1 aromatic heterocycles. The van der Waals surface area contributed by atoms with Gasteiger partial charge in [0.05, 0.1) is 6.54 Å². The summed E-state index contributed by atoms with van der Waals surface area (Å²) in [6.45, 7) is 1.96. The van der Waals surface area contributed by atoms with Crippen LogP contribution in [0.25, 0.3) is 11.4 Å². The van der Waals surface area contributed by atoms with Crippen LogP contribution in [-0.4, -0.2) is 50.1 Å². The van der Waals surface area contributed by atoms with E-state index in [1.54, 1.807) is 12.1 Å². The number of likely N-dealkylation sites (tertiary alicyclic amines) is 1. The Bertz CT molecular complexity index is 708. The maximum Gasteiger partial charge on any atom is 0.222 e. The topological polar surface area (TPSA) is 89.9 Å². The quantitative estimate of drug-likeness (QED) is 0.854. The minimum atomic E-state index is -0.303. The molecule has 2 N–H and O–H groups in total. The minimum Gasteiger partial charge on any atom is -0.341 e. The molecule has 0 bridgehead atoms. The van der Waals surface area contributed by atoms with Gasteiger partial charge in [0.2, 0.25) is 11.7 Å². The lowest BCUT2D eigenvalue weighted by Crippen LogP contribution is -2.39. The van der Waals surface area contributed by atoms with Gasteiger partial charge in [0.15, 0.2) is 0 Å². The Morgan fingerprint density at radius 1 is 1.27 bits per heavy atom. The lowest BCUT2D eigenvalue weighted by atomic mass is 10.1. The average molecular weight is 383 g/mol. The molecule has 0 spiro atoms. The first-order valence-corrected chi connectivity index (χ1v) is 8.69. The number of tetrazole rings is 1. The smallest absolute Gasteiger partial charge is 0.222 e. The number of aryl methyl sites for hydroxylation is 1. The highest BCUT2D eigenvalue weighted by atomic mass is 35.5. The highest BCUT2D eigenvalue weighted by Gasteiger charge is 2.19. The van der Waals surface area contributed by atoms with E-state index in [0.29, 0.717) is 37.3 Å². The van der Waals surface area contributed by atoms with E-state index in [2.05, 4.69) is 15.4 Å². The van der Waals surface area contributed by atoms with Gasteiger partial charge in [-0.15, -0.1) is 22.6 Å². The van der Waals surface area contributed by atoms with E-state index in [9.17, 15) is 9.18 Å². The van der Waals surface area contributed by atoms with Crippen LogP contribution in [0.1, 0.15) is 32.1 Å². The molecule has 7 nitrogen and oxygen atoms in total. The number of aromatic nitrogens is 4. The molecule has 1 aromatic carbocycles. The van der Waals surface area contributed by atoms with E-state index < -0.39 is 0 Å². The molecule has 3 rings (SSSR count). The third-order valence-corrected chi connectivity index (χ3v) is 4.36. The van der Waals surface area contributed by atoms with E-state index in [-0.39, 0.29) is 30.2 Å². The highest BCUT2D eigenvalue weighted by Crippen LogP contribution is 2.14. The predicted octanol–water partition coefficient (Wildman–Crippen LogP) is 2.02. The minimum absolute atomic E-state index is 0. The van der Waals surface area contributed by atoms with Crippen LogP contribution < -0.4 is 5.73 Å². The molecule has 1 fully saturated rings. The maximum atomic E-state index is 12.9. The Hall–Kier alpha value is -2.06. The second-order valence-corrected chi connectivity index (χ2v) is 6.42. The number of carbonyl (C=O) groups excluding carboxylic acids is 1. The summed E-state index contributed by atoms with van der Waals surface area (Å²) < 4.78 is 12.9. The molecule has 0 radical (unpaired) electrons. The first kappa shape index (κ1) is 20.3. The number of rotatable bonds is 5. The Labute approximate surface area is 158 Å². The molecule has 1 atom stereocenters. The molecule has 1 aliphatic rings. The van der Waals surface area contributed by atoms with Gasteiger partial charge >= 0.3 is 0 Å². The fraction of sp³-hybridized carbons (Fsp3) is 0.529. The summed E-state index contributed by atoms with van der Waals surface area (Å²) in [5.74, 6) is 0.281. The highest BCUT2D eigenvalue weighted by molar-refractivity contribution is 5.85. The molecule has 2 heterocycles. The summed E-state index contributed by atoms with van der Waals surface area (Å²) in [7, 11) is 0. The summed E-state index contributed by atoms with van der Waals surface area (Å²) >= 11 is 0. The third-order valence-electron chi connectivity index (χ3n) is 4.36. The molecule has 1 amide bonds. The zero-order valence-electron chi connectivity index (χ0n) is 14.6. The van der Waals surface area contributed by atoms with Crippen molar-refractivity contribution in [2.45, 2.75) is 44.7 Å². The third kappa shape index (κ3) is 5.47. The largest absolute Gasteiger partial charge is 0.341 e. The van der Waals surface area contributed by atoms with Gasteiger partial charge in [-0.25, -0.2) is 4.39 Å². The van der Waals surface area contributed by atoms with Gasteiger partial charge in [-0.05, 0) is 48.7 Å². The van der Waals surface area contributed by atoms with Crippen LogP contribution in [0.3, 0.4) is 0 Å². The van der Waals surface area contributed by atoms with Crippen LogP contribution in [0, 0.1) is 5.82 Å².